The van der Waals surface area contributed by atoms with Gasteiger partial charge in [-0.1, -0.05) is 11.6 Å². The van der Waals surface area contributed by atoms with Gasteiger partial charge in [0, 0.05) is 59.4 Å². The minimum Gasteiger partial charge on any atom is -0.479 e. The third-order valence-corrected chi connectivity index (χ3v) is 6.35. The van der Waals surface area contributed by atoms with E-state index in [2.05, 4.69) is 9.97 Å². The summed E-state index contributed by atoms with van der Waals surface area (Å²) in [5.41, 5.74) is 4.44. The average Bonchev–Trinajstić information content (AvgIpc) is 3.36. The molecule has 0 aliphatic carbocycles. The molecule has 6 nitrogen and oxygen atoms in total. The second-order valence-electron chi connectivity index (χ2n) is 8.61. The molecule has 162 valence electrons. The van der Waals surface area contributed by atoms with Gasteiger partial charge < -0.3 is 19.7 Å². The lowest BCUT2D eigenvalue weighted by Crippen LogP contribution is -2.43. The second-order valence-corrected chi connectivity index (χ2v) is 9.04. The van der Waals surface area contributed by atoms with Crippen LogP contribution in [0.2, 0.25) is 5.02 Å². The van der Waals surface area contributed by atoms with Crippen molar-refractivity contribution < 1.29 is 14.6 Å². The molecule has 1 aromatic carbocycles. The first-order valence-corrected chi connectivity index (χ1v) is 11.3. The van der Waals surface area contributed by atoms with Gasteiger partial charge in [-0.2, -0.15) is 0 Å². The first-order chi connectivity index (χ1) is 15.0. The summed E-state index contributed by atoms with van der Waals surface area (Å²) >= 11 is 6.47. The lowest BCUT2D eigenvalue weighted by Gasteiger charge is -2.28. The molecule has 31 heavy (non-hydrogen) atoms. The Morgan fingerprint density at radius 2 is 2.10 bits per heavy atom. The average molecular weight is 440 g/mol. The summed E-state index contributed by atoms with van der Waals surface area (Å²) in [6, 6.07) is 7.75. The van der Waals surface area contributed by atoms with Crippen LogP contribution in [0.4, 0.5) is 0 Å². The van der Waals surface area contributed by atoms with Crippen molar-refractivity contribution >= 4 is 28.5 Å². The molecular weight excluding hydrogens is 414 g/mol. The smallest absolute Gasteiger partial charge is 0.263 e. The van der Waals surface area contributed by atoms with Crippen LogP contribution in [0, 0.1) is 0 Å². The zero-order valence-electron chi connectivity index (χ0n) is 17.5. The minimum absolute atomic E-state index is 0.0683. The number of nitrogens with one attached hydrogen (secondary N) is 1. The number of hydrogen-bond donors (Lipinski definition) is 2. The largest absolute Gasteiger partial charge is 0.479 e. The van der Waals surface area contributed by atoms with Gasteiger partial charge in [0.15, 0.2) is 6.10 Å². The van der Waals surface area contributed by atoms with E-state index >= 15 is 0 Å². The van der Waals surface area contributed by atoms with Gasteiger partial charge in [-0.3, -0.25) is 4.79 Å². The van der Waals surface area contributed by atoms with Crippen molar-refractivity contribution in [1.29, 1.82) is 0 Å². The normalized spacial score (nSPS) is 19.3. The van der Waals surface area contributed by atoms with E-state index in [4.69, 9.17) is 16.3 Å². The monoisotopic (exact) mass is 439 g/mol. The van der Waals surface area contributed by atoms with Crippen LogP contribution in [-0.2, 0) is 17.6 Å². The number of aromatic nitrogens is 2. The summed E-state index contributed by atoms with van der Waals surface area (Å²) in [7, 11) is 0. The number of aliphatic hydroxyl groups excluding tert-OH is 1. The summed E-state index contributed by atoms with van der Waals surface area (Å²) in [5, 5.41) is 11.3. The Morgan fingerprint density at radius 3 is 2.87 bits per heavy atom. The van der Waals surface area contributed by atoms with E-state index in [1.54, 1.807) is 13.1 Å². The zero-order valence-corrected chi connectivity index (χ0v) is 18.3. The van der Waals surface area contributed by atoms with Gasteiger partial charge in [0.2, 0.25) is 0 Å². The van der Waals surface area contributed by atoms with Gasteiger partial charge in [-0.05, 0) is 56.0 Å². The topological polar surface area (TPSA) is 78.5 Å². The molecule has 3 aromatic rings. The molecule has 0 saturated carbocycles. The maximum atomic E-state index is 13.0. The molecule has 5 rings (SSSR count). The van der Waals surface area contributed by atoms with Crippen molar-refractivity contribution in [3.8, 4) is 16.9 Å². The van der Waals surface area contributed by atoms with Crippen molar-refractivity contribution in [3.63, 3.8) is 0 Å². The van der Waals surface area contributed by atoms with Gasteiger partial charge in [0.05, 0.1) is 6.10 Å². The molecule has 1 amide bonds. The van der Waals surface area contributed by atoms with E-state index < -0.39 is 12.2 Å². The molecule has 0 radical (unpaired) electrons. The van der Waals surface area contributed by atoms with E-state index in [-0.39, 0.29) is 5.91 Å². The Bertz CT molecular complexity index is 1130. The third kappa shape index (κ3) is 3.90. The number of carbonyl (C=O) groups is 1. The number of aliphatic hydroxyl groups is 1. The summed E-state index contributed by atoms with van der Waals surface area (Å²) in [5.74, 6) is 0.796. The Morgan fingerprint density at radius 1 is 1.29 bits per heavy atom. The van der Waals surface area contributed by atoms with Gasteiger partial charge >= 0.3 is 0 Å². The number of nitrogens with zero attached hydrogens (tertiary/aromatic N) is 2. The maximum absolute atomic E-state index is 13.0. The van der Waals surface area contributed by atoms with Crippen LogP contribution in [0.1, 0.15) is 37.4 Å². The fourth-order valence-electron chi connectivity index (χ4n) is 4.72. The first-order valence-electron chi connectivity index (χ1n) is 10.9. The standard InChI is InChI=1S/C24H26ClN3O3/c1-14(29)9-17-13-20-18(5-6-26-23(20)27-17)19-12-16(25)10-15-11-21(31-22(15)19)24(30)28-7-3-2-4-8-28/h5-6,10,12-14,21,29H,2-4,7-9,11H2,1H3,(H,26,27). The number of pyridine rings is 1. The van der Waals surface area contributed by atoms with Gasteiger partial charge in [0.1, 0.15) is 11.4 Å². The van der Waals surface area contributed by atoms with E-state index in [1.165, 1.54) is 6.42 Å². The maximum Gasteiger partial charge on any atom is 0.263 e. The minimum atomic E-state index is -0.500. The number of hydrogen-bond acceptors (Lipinski definition) is 4. The molecule has 4 heterocycles. The molecule has 1 saturated heterocycles. The Balaban J connectivity index is 1.52. The molecule has 7 heteroatoms. The summed E-state index contributed by atoms with van der Waals surface area (Å²) < 4.78 is 6.26. The SMILES string of the molecule is CC(O)Cc1cc2c(-c3cc(Cl)cc4c3OC(C(=O)N3CCCCC3)C4)ccnc2[nH]1. The lowest BCUT2D eigenvalue weighted by atomic mass is 9.98. The highest BCUT2D eigenvalue weighted by Gasteiger charge is 2.35. The number of H-pyrrole nitrogens is 1. The number of amides is 1. The molecule has 2 aromatic heterocycles. The van der Waals surface area contributed by atoms with Crippen LogP contribution in [0.5, 0.6) is 5.75 Å². The van der Waals surface area contributed by atoms with Crippen molar-refractivity contribution in [2.75, 3.05) is 13.1 Å². The van der Waals surface area contributed by atoms with Crippen LogP contribution in [-0.4, -0.2) is 51.2 Å². The molecule has 0 bridgehead atoms. The number of likely N-dealkylation sites (tertiary alicyclic amines) is 1. The highest BCUT2D eigenvalue weighted by molar-refractivity contribution is 6.31. The summed E-state index contributed by atoms with van der Waals surface area (Å²) in [6.07, 6.45) is 5.15. The zero-order chi connectivity index (χ0) is 21.5. The number of aromatic amines is 1. The number of piperidine rings is 1. The van der Waals surface area contributed by atoms with E-state index in [0.29, 0.717) is 17.9 Å². The van der Waals surface area contributed by atoms with Crippen molar-refractivity contribution in [2.24, 2.45) is 0 Å². The molecular formula is C24H26ClN3O3. The second kappa shape index (κ2) is 8.17. The number of ether oxygens (including phenoxy) is 1. The molecule has 0 spiro atoms. The fraction of sp³-hybridized carbons (Fsp3) is 0.417. The fourth-order valence-corrected chi connectivity index (χ4v) is 4.97. The van der Waals surface area contributed by atoms with E-state index in [9.17, 15) is 9.90 Å². The Kier molecular flexibility index (Phi) is 5.36. The van der Waals surface area contributed by atoms with Gasteiger partial charge in [-0.25, -0.2) is 4.98 Å². The van der Waals surface area contributed by atoms with Crippen LogP contribution >= 0.6 is 11.6 Å². The van der Waals surface area contributed by atoms with Gasteiger partial charge in [0.25, 0.3) is 5.91 Å². The quantitative estimate of drug-likeness (QED) is 0.640. The van der Waals surface area contributed by atoms with E-state index in [0.717, 1.165) is 65.1 Å². The van der Waals surface area contributed by atoms with Crippen LogP contribution in [0.25, 0.3) is 22.2 Å². The first kappa shape index (κ1) is 20.3. The van der Waals surface area contributed by atoms with Crippen molar-refractivity contribution in [3.05, 3.63) is 46.7 Å². The number of carbonyl (C=O) groups excluding carboxylic acids is 1. The van der Waals surface area contributed by atoms with Crippen LogP contribution < -0.4 is 4.74 Å². The number of halogens is 1. The van der Waals surface area contributed by atoms with Crippen molar-refractivity contribution in [1.82, 2.24) is 14.9 Å². The molecule has 2 aliphatic rings. The molecule has 2 atom stereocenters. The third-order valence-electron chi connectivity index (χ3n) is 6.13. The Labute approximate surface area is 186 Å². The molecule has 1 fully saturated rings. The molecule has 2 N–H and O–H groups in total. The molecule has 2 unspecified atom stereocenters. The highest BCUT2D eigenvalue weighted by Crippen LogP contribution is 2.43. The predicted octanol–water partition coefficient (Wildman–Crippen LogP) is 4.12. The van der Waals surface area contributed by atoms with Crippen LogP contribution in [0.3, 0.4) is 0 Å². The number of benzene rings is 1. The number of rotatable bonds is 4. The Hall–Kier alpha value is -2.57. The lowest BCUT2D eigenvalue weighted by molar-refractivity contribution is -0.138. The van der Waals surface area contributed by atoms with Gasteiger partial charge in [-0.15, -0.1) is 0 Å². The summed E-state index contributed by atoms with van der Waals surface area (Å²) in [6.45, 7) is 3.38. The van der Waals surface area contributed by atoms with Crippen molar-refractivity contribution in [2.45, 2.75) is 51.2 Å². The molecule has 2 aliphatic heterocycles. The van der Waals surface area contributed by atoms with Crippen LogP contribution in [0.15, 0.2) is 30.5 Å². The predicted molar refractivity (Wildman–Crippen MR) is 120 cm³/mol. The van der Waals surface area contributed by atoms with E-state index in [1.807, 2.05) is 29.2 Å². The number of fused-ring (bicyclic) bond motifs is 2. The highest BCUT2D eigenvalue weighted by atomic mass is 35.5. The summed E-state index contributed by atoms with van der Waals surface area (Å²) in [4.78, 5) is 22.7.